The van der Waals surface area contributed by atoms with Crippen LogP contribution in [0.15, 0.2) is 24.3 Å². The van der Waals surface area contributed by atoms with E-state index in [1.165, 1.54) is 0 Å². The van der Waals surface area contributed by atoms with Crippen molar-refractivity contribution >= 4 is 17.2 Å². The van der Waals surface area contributed by atoms with Crippen LogP contribution in [0.1, 0.15) is 5.56 Å². The van der Waals surface area contributed by atoms with Crippen LogP contribution >= 0.6 is 0 Å². The molecule has 6 nitrogen and oxygen atoms in total. The van der Waals surface area contributed by atoms with Crippen LogP contribution in [0.3, 0.4) is 0 Å². The van der Waals surface area contributed by atoms with Gasteiger partial charge in [-0.1, -0.05) is 0 Å². The molecular formula is C10H6F3NO5. The van der Waals surface area contributed by atoms with E-state index in [9.17, 15) is 33.2 Å². The minimum Gasteiger partial charge on any atom is -0.507 e. The molecule has 1 aromatic carbocycles. The number of rotatable bonds is 3. The molecule has 0 bridgehead atoms. The van der Waals surface area contributed by atoms with Gasteiger partial charge in [-0.3, -0.25) is 14.9 Å². The van der Waals surface area contributed by atoms with Gasteiger partial charge in [0.05, 0.1) is 4.92 Å². The Balaban J connectivity index is 3.17. The largest absolute Gasteiger partial charge is 0.507 e. The Kier molecular flexibility index (Phi) is 3.78. The van der Waals surface area contributed by atoms with Crippen LogP contribution in [-0.2, 0) is 4.79 Å². The number of halogens is 3. The second kappa shape index (κ2) is 4.96. The van der Waals surface area contributed by atoms with Crippen LogP contribution in [0.5, 0.6) is 5.75 Å². The number of benzene rings is 1. The van der Waals surface area contributed by atoms with Crippen molar-refractivity contribution in [2.24, 2.45) is 0 Å². The molecule has 0 aliphatic rings. The smallest absolute Gasteiger partial charge is 0.454 e. The van der Waals surface area contributed by atoms with Gasteiger partial charge in [0, 0.05) is 17.7 Å². The van der Waals surface area contributed by atoms with Crippen LogP contribution in [0.4, 0.5) is 18.9 Å². The van der Waals surface area contributed by atoms with Crippen molar-refractivity contribution in [3.63, 3.8) is 0 Å². The van der Waals surface area contributed by atoms with Crippen LogP contribution in [0.25, 0.3) is 5.76 Å². The van der Waals surface area contributed by atoms with Crippen molar-refractivity contribution in [3.05, 3.63) is 40.0 Å². The molecule has 0 atom stereocenters. The van der Waals surface area contributed by atoms with E-state index in [0.717, 1.165) is 12.1 Å². The molecule has 0 fully saturated rings. The zero-order valence-electron chi connectivity index (χ0n) is 9.01. The van der Waals surface area contributed by atoms with Gasteiger partial charge in [0.2, 0.25) is 0 Å². The van der Waals surface area contributed by atoms with Crippen molar-refractivity contribution in [3.8, 4) is 5.75 Å². The summed E-state index contributed by atoms with van der Waals surface area (Å²) >= 11 is 0. The summed E-state index contributed by atoms with van der Waals surface area (Å²) in [5, 5.41) is 28.9. The fraction of sp³-hybridized carbons (Fsp3) is 0.100. The summed E-state index contributed by atoms with van der Waals surface area (Å²) in [6, 6.07) is 2.39. The van der Waals surface area contributed by atoms with Crippen LogP contribution in [0, 0.1) is 10.1 Å². The first-order valence-corrected chi connectivity index (χ1v) is 4.62. The molecule has 2 N–H and O–H groups in total. The number of nitro groups is 1. The Morgan fingerprint density at radius 2 is 1.95 bits per heavy atom. The van der Waals surface area contributed by atoms with E-state index >= 15 is 0 Å². The van der Waals surface area contributed by atoms with E-state index in [1.807, 2.05) is 0 Å². The van der Waals surface area contributed by atoms with Crippen LogP contribution in [0.2, 0.25) is 0 Å². The molecular weight excluding hydrogens is 271 g/mol. The van der Waals surface area contributed by atoms with E-state index < -0.39 is 39.6 Å². The number of alkyl halides is 3. The molecule has 0 saturated heterocycles. The number of phenolic OH excluding ortho intramolecular Hbond substituents is 1. The molecule has 0 aliphatic heterocycles. The highest BCUT2D eigenvalue weighted by Crippen LogP contribution is 2.29. The molecule has 0 unspecified atom stereocenters. The second-order valence-electron chi connectivity index (χ2n) is 3.35. The number of aliphatic hydroxyl groups excluding tert-OH is 1. The Labute approximate surface area is 103 Å². The van der Waals surface area contributed by atoms with Crippen LogP contribution < -0.4 is 0 Å². The number of allylic oxidation sites excluding steroid dienone is 1. The number of aromatic hydroxyl groups is 1. The number of nitro benzene ring substituents is 1. The summed E-state index contributed by atoms with van der Waals surface area (Å²) in [6.45, 7) is 0. The highest BCUT2D eigenvalue weighted by atomic mass is 19.4. The van der Waals surface area contributed by atoms with Crippen molar-refractivity contribution in [2.75, 3.05) is 0 Å². The van der Waals surface area contributed by atoms with Gasteiger partial charge < -0.3 is 10.2 Å². The first-order chi connectivity index (χ1) is 8.62. The van der Waals surface area contributed by atoms with Gasteiger partial charge in [-0.2, -0.15) is 13.2 Å². The van der Waals surface area contributed by atoms with E-state index in [0.29, 0.717) is 6.07 Å². The maximum absolute atomic E-state index is 11.9. The summed E-state index contributed by atoms with van der Waals surface area (Å²) in [5.41, 5.74) is -1.21. The van der Waals surface area contributed by atoms with Gasteiger partial charge in [0.25, 0.3) is 5.78 Å². The molecule has 9 heteroatoms. The lowest BCUT2D eigenvalue weighted by molar-refractivity contribution is -0.385. The molecule has 0 radical (unpaired) electrons. The van der Waals surface area contributed by atoms with Crippen molar-refractivity contribution in [2.45, 2.75) is 6.18 Å². The Hall–Kier alpha value is -2.58. The fourth-order valence-corrected chi connectivity index (χ4v) is 1.12. The lowest BCUT2D eigenvalue weighted by Crippen LogP contribution is -2.20. The third-order valence-electron chi connectivity index (χ3n) is 2.02. The summed E-state index contributed by atoms with van der Waals surface area (Å²) in [4.78, 5) is 20.1. The minimum absolute atomic E-state index is 0.101. The fourth-order valence-electron chi connectivity index (χ4n) is 1.12. The Morgan fingerprint density at radius 1 is 1.37 bits per heavy atom. The van der Waals surface area contributed by atoms with Gasteiger partial charge in [0.1, 0.15) is 5.76 Å². The zero-order valence-corrected chi connectivity index (χ0v) is 9.01. The maximum atomic E-state index is 11.9. The normalized spacial score (nSPS) is 12.3. The zero-order chi connectivity index (χ0) is 14.8. The molecule has 0 aliphatic carbocycles. The van der Waals surface area contributed by atoms with E-state index in [1.54, 1.807) is 0 Å². The number of ketones is 1. The summed E-state index contributed by atoms with van der Waals surface area (Å²) in [7, 11) is 0. The lowest BCUT2D eigenvalue weighted by atomic mass is 10.1. The Bertz CT molecular complexity index is 565. The first-order valence-electron chi connectivity index (χ1n) is 4.62. The lowest BCUT2D eigenvalue weighted by Gasteiger charge is -2.03. The Morgan fingerprint density at radius 3 is 2.42 bits per heavy atom. The number of phenols is 1. The molecule has 1 aromatic rings. The summed E-state index contributed by atoms with van der Waals surface area (Å²) in [6.07, 6.45) is -5.26. The number of hydrogen-bond acceptors (Lipinski definition) is 5. The monoisotopic (exact) mass is 277 g/mol. The first kappa shape index (κ1) is 14.5. The highest BCUT2D eigenvalue weighted by Gasteiger charge is 2.37. The van der Waals surface area contributed by atoms with Crippen molar-refractivity contribution in [1.82, 2.24) is 0 Å². The van der Waals surface area contributed by atoms with Crippen molar-refractivity contribution < 1.29 is 33.1 Å². The molecule has 0 aromatic heterocycles. The van der Waals surface area contributed by atoms with Gasteiger partial charge in [-0.25, -0.2) is 0 Å². The predicted molar refractivity (Wildman–Crippen MR) is 56.4 cm³/mol. The van der Waals surface area contributed by atoms with Gasteiger partial charge in [-0.05, 0) is 12.1 Å². The highest BCUT2D eigenvalue weighted by molar-refractivity contribution is 5.99. The number of nitrogens with zero attached hydrogens (tertiary/aromatic N) is 1. The molecule has 0 heterocycles. The van der Waals surface area contributed by atoms with Crippen LogP contribution in [-0.4, -0.2) is 27.1 Å². The summed E-state index contributed by atoms with van der Waals surface area (Å²) in [5.74, 6) is -4.12. The average molecular weight is 277 g/mol. The van der Waals surface area contributed by atoms with E-state index in [2.05, 4.69) is 0 Å². The number of carbonyl (C=O) groups excluding carboxylic acids is 1. The number of carbonyl (C=O) groups is 1. The second-order valence-corrected chi connectivity index (χ2v) is 3.35. The minimum atomic E-state index is -5.16. The van der Waals surface area contributed by atoms with Gasteiger partial charge in [-0.15, -0.1) is 0 Å². The number of hydrogen-bond donors (Lipinski definition) is 2. The van der Waals surface area contributed by atoms with E-state index in [4.69, 9.17) is 5.11 Å². The molecule has 0 spiro atoms. The van der Waals surface area contributed by atoms with Gasteiger partial charge >= 0.3 is 11.9 Å². The molecule has 0 amide bonds. The standard InChI is InChI=1S/C10H6F3NO5/c11-10(12,13)9(17)4-8(16)5-1-2-7(15)6(3-5)14(18)19/h1-4,15-16H. The third-order valence-corrected chi connectivity index (χ3v) is 2.02. The SMILES string of the molecule is O=C(C=C(O)c1ccc(O)c([N+](=O)[O-])c1)C(F)(F)F. The summed E-state index contributed by atoms with van der Waals surface area (Å²) < 4.78 is 35.8. The topological polar surface area (TPSA) is 101 Å². The van der Waals surface area contributed by atoms with Gasteiger partial charge in [0.15, 0.2) is 5.75 Å². The quantitative estimate of drug-likeness (QED) is 0.382. The van der Waals surface area contributed by atoms with E-state index in [-0.39, 0.29) is 6.08 Å². The third kappa shape index (κ3) is 3.44. The molecule has 1 rings (SSSR count). The predicted octanol–water partition coefficient (Wildman–Crippen LogP) is 2.33. The molecule has 102 valence electrons. The molecule has 0 saturated carbocycles. The molecule has 19 heavy (non-hydrogen) atoms. The van der Waals surface area contributed by atoms with Crippen molar-refractivity contribution in [1.29, 1.82) is 0 Å². The number of aliphatic hydroxyl groups is 1. The maximum Gasteiger partial charge on any atom is 0.454 e. The average Bonchev–Trinajstić information content (AvgIpc) is 2.27.